The van der Waals surface area contributed by atoms with Gasteiger partial charge in [-0.2, -0.15) is 13.2 Å². The van der Waals surface area contributed by atoms with Gasteiger partial charge in [0.1, 0.15) is 0 Å². The van der Waals surface area contributed by atoms with Crippen LogP contribution in [0, 0.1) is 6.92 Å². The van der Waals surface area contributed by atoms with Crippen LogP contribution in [-0.2, 0) is 6.18 Å². The Hall–Kier alpha value is -2.82. The zero-order valence-corrected chi connectivity index (χ0v) is 12.8. The van der Waals surface area contributed by atoms with Gasteiger partial charge in [0.25, 0.3) is 0 Å². The highest BCUT2D eigenvalue weighted by Gasteiger charge is 2.32. The van der Waals surface area contributed by atoms with Crippen LogP contribution < -0.4 is 0 Å². The fraction of sp³-hybridized carbons (Fsp3) is 0.105. The molecule has 0 aliphatic carbocycles. The molecule has 0 spiro atoms. The van der Waals surface area contributed by atoms with Crippen LogP contribution in [0.1, 0.15) is 11.1 Å². The fourth-order valence-electron chi connectivity index (χ4n) is 3.17. The molecule has 0 unspecified atom stereocenters. The summed E-state index contributed by atoms with van der Waals surface area (Å²) in [5, 5.41) is 0.516. The Morgan fingerprint density at radius 2 is 1.71 bits per heavy atom. The summed E-state index contributed by atoms with van der Waals surface area (Å²) in [6.45, 7) is 1.70. The Bertz CT molecular complexity index is 1050. The lowest BCUT2D eigenvalue weighted by molar-refractivity contribution is -0.137. The molecule has 120 valence electrons. The number of para-hydroxylation sites is 1. The van der Waals surface area contributed by atoms with E-state index in [0.717, 1.165) is 16.7 Å². The van der Waals surface area contributed by atoms with Gasteiger partial charge in [-0.15, -0.1) is 0 Å². The second kappa shape index (κ2) is 5.09. The summed E-state index contributed by atoms with van der Waals surface area (Å²) in [6, 6.07) is 15.6. The number of alkyl halides is 3. The van der Waals surface area contributed by atoms with Crippen LogP contribution in [0.5, 0.6) is 0 Å². The number of halogens is 3. The minimum Gasteiger partial charge on any atom is -0.307 e. The molecule has 4 aromatic rings. The van der Waals surface area contributed by atoms with Crippen molar-refractivity contribution >= 4 is 21.9 Å². The molecule has 4 rings (SSSR count). The van der Waals surface area contributed by atoms with Gasteiger partial charge in [-0.3, -0.25) is 4.98 Å². The molecule has 0 N–H and O–H groups in total. The van der Waals surface area contributed by atoms with Crippen molar-refractivity contribution in [2.24, 2.45) is 0 Å². The Morgan fingerprint density at radius 3 is 2.42 bits per heavy atom. The molecule has 0 aliphatic rings. The van der Waals surface area contributed by atoms with Crippen molar-refractivity contribution in [3.05, 3.63) is 71.9 Å². The quantitative estimate of drug-likeness (QED) is 0.451. The molecule has 0 atom stereocenters. The third-order valence-corrected chi connectivity index (χ3v) is 4.15. The van der Waals surface area contributed by atoms with E-state index in [1.807, 2.05) is 41.0 Å². The van der Waals surface area contributed by atoms with Gasteiger partial charge >= 0.3 is 6.18 Å². The highest BCUT2D eigenvalue weighted by Crippen LogP contribution is 2.38. The van der Waals surface area contributed by atoms with Gasteiger partial charge in [0.05, 0.1) is 22.1 Å². The fourth-order valence-corrected chi connectivity index (χ4v) is 3.17. The van der Waals surface area contributed by atoms with E-state index in [1.165, 1.54) is 12.1 Å². The smallest absolute Gasteiger partial charge is 0.307 e. The molecule has 2 aromatic carbocycles. The topological polar surface area (TPSA) is 17.8 Å². The number of nitrogens with zero attached hydrogens (tertiary/aromatic N) is 2. The molecule has 0 saturated heterocycles. The average Bonchev–Trinajstić information content (AvgIpc) is 2.90. The van der Waals surface area contributed by atoms with Crippen LogP contribution in [0.4, 0.5) is 13.2 Å². The molecule has 2 heterocycles. The normalized spacial score (nSPS) is 12.2. The van der Waals surface area contributed by atoms with E-state index in [0.29, 0.717) is 16.5 Å². The van der Waals surface area contributed by atoms with E-state index in [9.17, 15) is 13.2 Å². The number of aryl methyl sites for hydroxylation is 1. The highest BCUT2D eigenvalue weighted by atomic mass is 19.4. The molecule has 0 aliphatic heterocycles. The first kappa shape index (κ1) is 14.8. The van der Waals surface area contributed by atoms with Crippen LogP contribution in [0.3, 0.4) is 0 Å². The van der Waals surface area contributed by atoms with Gasteiger partial charge in [0.2, 0.25) is 0 Å². The Kier molecular flexibility index (Phi) is 3.13. The van der Waals surface area contributed by atoms with Crippen molar-refractivity contribution in [2.45, 2.75) is 13.1 Å². The largest absolute Gasteiger partial charge is 0.416 e. The monoisotopic (exact) mass is 326 g/mol. The molecule has 0 bridgehead atoms. The predicted octanol–water partition coefficient (Wildman–Crippen LogP) is 5.51. The first-order chi connectivity index (χ1) is 11.5. The van der Waals surface area contributed by atoms with Crippen molar-refractivity contribution < 1.29 is 13.2 Å². The first-order valence-corrected chi connectivity index (χ1v) is 7.49. The van der Waals surface area contributed by atoms with Crippen LogP contribution in [0.25, 0.3) is 27.6 Å². The molecule has 0 fully saturated rings. The molecule has 0 amide bonds. The predicted molar refractivity (Wildman–Crippen MR) is 88.3 cm³/mol. The van der Waals surface area contributed by atoms with Crippen molar-refractivity contribution in [1.29, 1.82) is 0 Å². The maximum atomic E-state index is 13.2. The van der Waals surface area contributed by atoms with Gasteiger partial charge in [-0.25, -0.2) is 0 Å². The molecule has 2 nitrogen and oxygen atoms in total. The van der Waals surface area contributed by atoms with Gasteiger partial charge < -0.3 is 4.57 Å². The first-order valence-electron chi connectivity index (χ1n) is 7.49. The minimum atomic E-state index is -4.38. The molecular formula is C19H13F3N2. The number of rotatable bonds is 1. The summed E-state index contributed by atoms with van der Waals surface area (Å²) in [5.74, 6) is 0. The zero-order valence-electron chi connectivity index (χ0n) is 12.8. The van der Waals surface area contributed by atoms with Crippen molar-refractivity contribution in [3.8, 4) is 5.69 Å². The van der Waals surface area contributed by atoms with Crippen molar-refractivity contribution in [1.82, 2.24) is 9.55 Å². The van der Waals surface area contributed by atoms with E-state index in [4.69, 9.17) is 0 Å². The number of pyridine rings is 1. The van der Waals surface area contributed by atoms with Crippen LogP contribution in [-0.4, -0.2) is 9.55 Å². The third-order valence-electron chi connectivity index (χ3n) is 4.15. The zero-order chi connectivity index (χ0) is 16.9. The second-order valence-corrected chi connectivity index (χ2v) is 5.73. The minimum absolute atomic E-state index is 0.516. The van der Waals surface area contributed by atoms with E-state index in [2.05, 4.69) is 4.98 Å². The van der Waals surface area contributed by atoms with Gasteiger partial charge in [0, 0.05) is 17.3 Å². The molecular weight excluding hydrogens is 313 g/mol. The molecule has 0 radical (unpaired) electrons. The number of hydrogen-bond acceptors (Lipinski definition) is 1. The molecule has 24 heavy (non-hydrogen) atoms. The number of fused-ring (bicyclic) bond motifs is 3. The van der Waals surface area contributed by atoms with E-state index in [-0.39, 0.29) is 0 Å². The summed E-state index contributed by atoms with van der Waals surface area (Å²) in [4.78, 5) is 4.33. The van der Waals surface area contributed by atoms with Crippen LogP contribution in [0.15, 0.2) is 60.8 Å². The molecule has 2 aromatic heterocycles. The van der Waals surface area contributed by atoms with Gasteiger partial charge in [-0.05, 0) is 48.9 Å². The lowest BCUT2D eigenvalue weighted by Gasteiger charge is -2.11. The molecule has 0 saturated carbocycles. The van der Waals surface area contributed by atoms with E-state index in [1.54, 1.807) is 19.2 Å². The maximum Gasteiger partial charge on any atom is 0.416 e. The van der Waals surface area contributed by atoms with Crippen molar-refractivity contribution in [3.63, 3.8) is 0 Å². The third kappa shape index (κ3) is 2.16. The lowest BCUT2D eigenvalue weighted by atomic mass is 10.1. The van der Waals surface area contributed by atoms with E-state index < -0.39 is 11.7 Å². The SMILES string of the molecule is Cc1cc(C(F)(F)F)cc2c3ncccc3n(-c3ccccc3)c12. The summed E-state index contributed by atoms with van der Waals surface area (Å²) in [7, 11) is 0. The summed E-state index contributed by atoms with van der Waals surface area (Å²) in [6.07, 6.45) is -2.78. The number of aromatic nitrogens is 2. The summed E-state index contributed by atoms with van der Waals surface area (Å²) >= 11 is 0. The van der Waals surface area contributed by atoms with Gasteiger partial charge in [-0.1, -0.05) is 18.2 Å². The standard InChI is InChI=1S/C19H13F3N2/c1-12-10-13(19(20,21)22)11-15-17-16(8-5-9-23-17)24(18(12)15)14-6-3-2-4-7-14/h2-11H,1H3. The Morgan fingerprint density at radius 1 is 0.958 bits per heavy atom. The highest BCUT2D eigenvalue weighted by molar-refractivity contribution is 6.08. The summed E-state index contributed by atoms with van der Waals surface area (Å²) in [5.41, 5.74) is 2.94. The van der Waals surface area contributed by atoms with Crippen LogP contribution >= 0.6 is 0 Å². The average molecular weight is 326 g/mol. The van der Waals surface area contributed by atoms with Crippen LogP contribution in [0.2, 0.25) is 0 Å². The summed E-state index contributed by atoms with van der Waals surface area (Å²) < 4.78 is 41.6. The Labute approximate surface area is 136 Å². The van der Waals surface area contributed by atoms with E-state index >= 15 is 0 Å². The lowest BCUT2D eigenvalue weighted by Crippen LogP contribution is -2.05. The number of hydrogen-bond donors (Lipinski definition) is 0. The second-order valence-electron chi connectivity index (χ2n) is 5.73. The Balaban J connectivity index is 2.19. The maximum absolute atomic E-state index is 13.2. The molecule has 5 heteroatoms. The number of benzene rings is 2. The van der Waals surface area contributed by atoms with Gasteiger partial charge in [0.15, 0.2) is 0 Å². The van der Waals surface area contributed by atoms with Crippen molar-refractivity contribution in [2.75, 3.05) is 0 Å².